The highest BCUT2D eigenvalue weighted by Gasteiger charge is 2.40. The maximum absolute atomic E-state index is 13.4. The number of benzene rings is 2. The van der Waals surface area contributed by atoms with E-state index in [0.29, 0.717) is 17.7 Å². The summed E-state index contributed by atoms with van der Waals surface area (Å²) in [6, 6.07) is 6.88. The number of carbonyl (C=O) groups is 3. The standard InChI is InChI=1S/C24H20F6N4O3/c25-23(26,27)15-5-13(6-16(8-15)24(28,29)30)22(37)34-12-21(36)33(11-20(31)35)10-17(34)7-14-9-32-19-4-2-1-3-18(14)19/h1-6,8-9,17,32H,7,10-12H2,(H2,31,35). The molecule has 0 spiro atoms. The zero-order valence-electron chi connectivity index (χ0n) is 19.0. The summed E-state index contributed by atoms with van der Waals surface area (Å²) in [5, 5.41) is 0.784. The van der Waals surface area contributed by atoms with Crippen LogP contribution in [-0.2, 0) is 28.4 Å². The summed E-state index contributed by atoms with van der Waals surface area (Å²) in [6.07, 6.45) is -8.52. The zero-order valence-corrected chi connectivity index (χ0v) is 19.0. The highest BCUT2D eigenvalue weighted by Crippen LogP contribution is 2.37. The van der Waals surface area contributed by atoms with Crippen LogP contribution in [0.4, 0.5) is 26.3 Å². The fraction of sp³-hybridized carbons (Fsp3) is 0.292. The highest BCUT2D eigenvalue weighted by molar-refractivity contribution is 5.98. The molecule has 13 heteroatoms. The largest absolute Gasteiger partial charge is 0.416 e. The summed E-state index contributed by atoms with van der Waals surface area (Å²) in [6.45, 7) is -1.30. The number of hydrogen-bond acceptors (Lipinski definition) is 3. The van der Waals surface area contributed by atoms with Crippen molar-refractivity contribution in [2.75, 3.05) is 19.6 Å². The van der Waals surface area contributed by atoms with Crippen LogP contribution in [0.25, 0.3) is 10.9 Å². The molecule has 196 valence electrons. The first-order valence-corrected chi connectivity index (χ1v) is 11.0. The number of carbonyl (C=O) groups excluding carboxylic acids is 3. The highest BCUT2D eigenvalue weighted by atomic mass is 19.4. The van der Waals surface area contributed by atoms with Crippen LogP contribution in [0.15, 0.2) is 48.7 Å². The summed E-state index contributed by atoms with van der Waals surface area (Å²) >= 11 is 0. The Labute approximate surface area is 205 Å². The van der Waals surface area contributed by atoms with E-state index in [1.54, 1.807) is 30.5 Å². The Hall–Kier alpha value is -4.03. The number of nitrogens with one attached hydrogen (secondary N) is 1. The normalized spacial score (nSPS) is 16.9. The van der Waals surface area contributed by atoms with Crippen molar-refractivity contribution < 1.29 is 40.7 Å². The summed E-state index contributed by atoms with van der Waals surface area (Å²) in [5.74, 6) is -2.70. The molecule has 1 saturated heterocycles. The summed E-state index contributed by atoms with van der Waals surface area (Å²) < 4.78 is 80.1. The predicted octanol–water partition coefficient (Wildman–Crippen LogP) is 3.59. The second-order valence-electron chi connectivity index (χ2n) is 8.69. The number of amides is 3. The number of primary amides is 1. The second-order valence-corrected chi connectivity index (χ2v) is 8.69. The Kier molecular flexibility index (Phi) is 6.65. The molecule has 1 aliphatic rings. The maximum Gasteiger partial charge on any atom is 0.416 e. The van der Waals surface area contributed by atoms with Crippen LogP contribution < -0.4 is 5.73 Å². The van der Waals surface area contributed by atoms with Crippen LogP contribution in [0.1, 0.15) is 27.0 Å². The number of aromatic amines is 1. The van der Waals surface area contributed by atoms with E-state index in [2.05, 4.69) is 4.98 Å². The first-order valence-electron chi connectivity index (χ1n) is 11.0. The van der Waals surface area contributed by atoms with Gasteiger partial charge in [0.05, 0.1) is 23.7 Å². The van der Waals surface area contributed by atoms with Crippen LogP contribution in [0, 0.1) is 0 Å². The minimum Gasteiger partial charge on any atom is -0.368 e. The Bertz CT molecular complexity index is 1330. The Morgan fingerprint density at radius 3 is 2.22 bits per heavy atom. The number of fused-ring (bicyclic) bond motifs is 1. The molecule has 0 bridgehead atoms. The maximum atomic E-state index is 13.4. The number of nitrogens with zero attached hydrogens (tertiary/aromatic N) is 2. The molecular weight excluding hydrogens is 506 g/mol. The molecule has 1 atom stereocenters. The number of hydrogen-bond donors (Lipinski definition) is 2. The average Bonchev–Trinajstić information content (AvgIpc) is 3.21. The van der Waals surface area contributed by atoms with Gasteiger partial charge in [-0.15, -0.1) is 0 Å². The van der Waals surface area contributed by atoms with Crippen molar-refractivity contribution in [3.63, 3.8) is 0 Å². The van der Waals surface area contributed by atoms with Crippen molar-refractivity contribution in [1.82, 2.24) is 14.8 Å². The number of piperazine rings is 1. The van der Waals surface area contributed by atoms with E-state index in [4.69, 9.17) is 5.73 Å². The molecule has 2 aromatic carbocycles. The van der Waals surface area contributed by atoms with Gasteiger partial charge in [-0.05, 0) is 36.2 Å². The van der Waals surface area contributed by atoms with Gasteiger partial charge in [-0.2, -0.15) is 26.3 Å². The Morgan fingerprint density at radius 1 is 1.00 bits per heavy atom. The number of aromatic nitrogens is 1. The second kappa shape index (κ2) is 9.45. The molecule has 2 heterocycles. The molecule has 3 aromatic rings. The van der Waals surface area contributed by atoms with E-state index >= 15 is 0 Å². The molecule has 4 rings (SSSR count). The first kappa shape index (κ1) is 26.0. The molecule has 3 amide bonds. The van der Waals surface area contributed by atoms with Gasteiger partial charge in [0.15, 0.2) is 0 Å². The quantitative estimate of drug-likeness (QED) is 0.497. The number of H-pyrrole nitrogens is 1. The molecule has 37 heavy (non-hydrogen) atoms. The van der Waals surface area contributed by atoms with Crippen LogP contribution >= 0.6 is 0 Å². The lowest BCUT2D eigenvalue weighted by Crippen LogP contribution is -2.59. The van der Waals surface area contributed by atoms with Gasteiger partial charge in [-0.25, -0.2) is 0 Å². The van der Waals surface area contributed by atoms with Gasteiger partial charge in [0.25, 0.3) is 5.91 Å². The molecule has 0 saturated carbocycles. The van der Waals surface area contributed by atoms with Gasteiger partial charge in [0.2, 0.25) is 11.8 Å². The van der Waals surface area contributed by atoms with Crippen molar-refractivity contribution in [3.05, 3.63) is 70.9 Å². The number of rotatable bonds is 5. The third kappa shape index (κ3) is 5.54. The monoisotopic (exact) mass is 526 g/mol. The van der Waals surface area contributed by atoms with Crippen molar-refractivity contribution in [3.8, 4) is 0 Å². The van der Waals surface area contributed by atoms with Crippen molar-refractivity contribution in [2.24, 2.45) is 5.73 Å². The van der Waals surface area contributed by atoms with E-state index in [-0.39, 0.29) is 19.0 Å². The third-order valence-electron chi connectivity index (χ3n) is 6.10. The predicted molar refractivity (Wildman–Crippen MR) is 119 cm³/mol. The van der Waals surface area contributed by atoms with Crippen molar-refractivity contribution in [1.29, 1.82) is 0 Å². The van der Waals surface area contributed by atoms with Gasteiger partial charge in [0.1, 0.15) is 6.54 Å². The minimum absolute atomic E-state index is 0.0733. The molecule has 1 aromatic heterocycles. The molecule has 7 nitrogen and oxygen atoms in total. The van der Waals surface area contributed by atoms with Crippen LogP contribution in [-0.4, -0.2) is 58.2 Å². The lowest BCUT2D eigenvalue weighted by molar-refractivity contribution is -0.143. The van der Waals surface area contributed by atoms with Gasteiger partial charge in [0, 0.05) is 29.2 Å². The molecule has 1 unspecified atom stereocenters. The number of alkyl halides is 6. The van der Waals surface area contributed by atoms with Crippen molar-refractivity contribution >= 4 is 28.6 Å². The molecule has 0 radical (unpaired) electrons. The summed E-state index contributed by atoms with van der Waals surface area (Å²) in [5.41, 5.74) is 2.54. The van der Waals surface area contributed by atoms with E-state index in [1.807, 2.05) is 0 Å². The number of nitrogens with two attached hydrogens (primary N) is 1. The van der Waals surface area contributed by atoms with Crippen LogP contribution in [0.2, 0.25) is 0 Å². The van der Waals surface area contributed by atoms with Crippen molar-refractivity contribution in [2.45, 2.75) is 24.8 Å². The van der Waals surface area contributed by atoms with E-state index in [9.17, 15) is 40.7 Å². The lowest BCUT2D eigenvalue weighted by atomic mass is 9.98. The zero-order chi connectivity index (χ0) is 27.1. The van der Waals surface area contributed by atoms with Gasteiger partial charge >= 0.3 is 12.4 Å². The Balaban J connectivity index is 1.74. The number of para-hydroxylation sites is 1. The molecule has 1 aliphatic heterocycles. The molecule has 3 N–H and O–H groups in total. The molecule has 1 fully saturated rings. The third-order valence-corrected chi connectivity index (χ3v) is 6.10. The molecular formula is C24H20F6N4O3. The smallest absolute Gasteiger partial charge is 0.368 e. The minimum atomic E-state index is -5.14. The van der Waals surface area contributed by atoms with E-state index < -0.39 is 65.9 Å². The summed E-state index contributed by atoms with van der Waals surface area (Å²) in [7, 11) is 0. The summed E-state index contributed by atoms with van der Waals surface area (Å²) in [4.78, 5) is 42.5. The van der Waals surface area contributed by atoms with Crippen LogP contribution in [0.3, 0.4) is 0 Å². The van der Waals surface area contributed by atoms with Crippen LogP contribution in [0.5, 0.6) is 0 Å². The fourth-order valence-corrected chi connectivity index (χ4v) is 4.38. The molecule has 0 aliphatic carbocycles. The van der Waals surface area contributed by atoms with Gasteiger partial charge in [-0.3, -0.25) is 14.4 Å². The number of halogens is 6. The average molecular weight is 526 g/mol. The topological polar surface area (TPSA) is 99.5 Å². The van der Waals surface area contributed by atoms with E-state index in [0.717, 1.165) is 20.7 Å². The Morgan fingerprint density at radius 2 is 1.62 bits per heavy atom. The van der Waals surface area contributed by atoms with Gasteiger partial charge in [-0.1, -0.05) is 18.2 Å². The van der Waals surface area contributed by atoms with Gasteiger partial charge < -0.3 is 20.5 Å². The SMILES string of the molecule is NC(=O)CN1CC(Cc2c[nH]c3ccccc23)N(C(=O)c2cc(C(F)(F)F)cc(C(F)(F)F)c2)CC1=O. The lowest BCUT2D eigenvalue weighted by Gasteiger charge is -2.40. The first-order chi connectivity index (χ1) is 17.2. The van der Waals surface area contributed by atoms with E-state index in [1.165, 1.54) is 0 Å². The fourth-order valence-electron chi connectivity index (χ4n) is 4.38.